The zero-order valence-electron chi connectivity index (χ0n) is 14.3. The van der Waals surface area contributed by atoms with Crippen molar-refractivity contribution >= 4 is 5.97 Å². The van der Waals surface area contributed by atoms with Gasteiger partial charge in [-0.1, -0.05) is 57.6 Å². The maximum absolute atomic E-state index is 10.9. The van der Waals surface area contributed by atoms with Crippen LogP contribution in [0.4, 0.5) is 0 Å². The minimum atomic E-state index is -0.726. The zero-order valence-corrected chi connectivity index (χ0v) is 14.3. The molecule has 0 radical (unpaired) electrons. The fraction of sp³-hybridized carbons (Fsp3) is 0.722. The number of hydrogen-bond acceptors (Lipinski definition) is 3. The fourth-order valence-electron chi connectivity index (χ4n) is 2.31. The van der Waals surface area contributed by atoms with E-state index in [2.05, 4.69) is 6.92 Å². The van der Waals surface area contributed by atoms with E-state index < -0.39 is 5.97 Å². The van der Waals surface area contributed by atoms with Crippen LogP contribution in [0, 0.1) is 10.1 Å². The van der Waals surface area contributed by atoms with E-state index in [-0.39, 0.29) is 11.3 Å². The quantitative estimate of drug-likeness (QED) is 0.187. The molecule has 0 atom stereocenters. The summed E-state index contributed by atoms with van der Waals surface area (Å²) in [4.78, 5) is 21.0. The highest BCUT2D eigenvalue weighted by molar-refractivity contribution is 5.66. The van der Waals surface area contributed by atoms with Gasteiger partial charge in [-0.25, -0.2) is 0 Å². The Morgan fingerprint density at radius 1 is 1.00 bits per heavy atom. The summed E-state index contributed by atoms with van der Waals surface area (Å²) >= 11 is 0. The number of unbranched alkanes of at least 4 members (excludes halogenated alkanes) is 8. The van der Waals surface area contributed by atoms with Gasteiger partial charge in [0.2, 0.25) is 5.70 Å². The minimum absolute atomic E-state index is 0.257. The first-order valence-corrected chi connectivity index (χ1v) is 8.79. The zero-order chi connectivity index (χ0) is 17.3. The van der Waals surface area contributed by atoms with Crippen LogP contribution in [0.2, 0.25) is 0 Å². The van der Waals surface area contributed by atoms with Gasteiger partial charge in [-0.2, -0.15) is 0 Å². The molecule has 0 aliphatic heterocycles. The average molecular weight is 325 g/mol. The van der Waals surface area contributed by atoms with E-state index in [4.69, 9.17) is 5.11 Å². The fourth-order valence-corrected chi connectivity index (χ4v) is 2.31. The van der Waals surface area contributed by atoms with Crippen molar-refractivity contribution in [3.63, 3.8) is 0 Å². The van der Waals surface area contributed by atoms with Gasteiger partial charge in [0.1, 0.15) is 0 Å². The van der Waals surface area contributed by atoms with Crippen molar-refractivity contribution in [2.45, 2.75) is 84.0 Å². The maximum Gasteiger partial charge on any atom is 0.303 e. The van der Waals surface area contributed by atoms with E-state index in [1.807, 2.05) is 6.08 Å². The first-order chi connectivity index (χ1) is 11.1. The lowest BCUT2D eigenvalue weighted by Gasteiger charge is -1.98. The normalized spacial score (nSPS) is 12.0. The minimum Gasteiger partial charge on any atom is -0.481 e. The number of carbonyl (C=O) groups is 1. The second-order valence-electron chi connectivity index (χ2n) is 5.85. The summed E-state index contributed by atoms with van der Waals surface area (Å²) in [6, 6.07) is 0. The lowest BCUT2D eigenvalue weighted by Crippen LogP contribution is -1.98. The Bertz CT molecular complexity index is 388. The van der Waals surface area contributed by atoms with Gasteiger partial charge in [0.05, 0.1) is 4.92 Å². The third kappa shape index (κ3) is 15.0. The second-order valence-corrected chi connectivity index (χ2v) is 5.85. The predicted molar refractivity (Wildman–Crippen MR) is 92.9 cm³/mol. The molecule has 5 heteroatoms. The molecule has 0 saturated heterocycles. The van der Waals surface area contributed by atoms with Crippen molar-refractivity contribution in [1.29, 1.82) is 0 Å². The summed E-state index contributed by atoms with van der Waals surface area (Å²) in [7, 11) is 0. The van der Waals surface area contributed by atoms with Crippen LogP contribution in [0.5, 0.6) is 0 Å². The molecule has 0 aromatic heterocycles. The first-order valence-electron chi connectivity index (χ1n) is 8.79. The molecule has 0 rings (SSSR count). The van der Waals surface area contributed by atoms with E-state index in [0.717, 1.165) is 64.2 Å². The van der Waals surface area contributed by atoms with E-state index in [9.17, 15) is 14.9 Å². The first kappa shape index (κ1) is 21.4. The summed E-state index contributed by atoms with van der Waals surface area (Å²) in [5, 5.41) is 19.5. The number of nitro groups is 1. The van der Waals surface area contributed by atoms with E-state index in [1.165, 1.54) is 0 Å². The number of nitrogens with zero attached hydrogens (tertiary/aromatic N) is 1. The molecule has 5 nitrogen and oxygen atoms in total. The Balaban J connectivity index is 3.76. The topological polar surface area (TPSA) is 80.4 Å². The van der Waals surface area contributed by atoms with Gasteiger partial charge in [-0.3, -0.25) is 14.9 Å². The van der Waals surface area contributed by atoms with Crippen LogP contribution in [-0.2, 0) is 4.79 Å². The summed E-state index contributed by atoms with van der Waals surface area (Å²) in [5.41, 5.74) is 0.297. The third-order valence-corrected chi connectivity index (χ3v) is 3.71. The lowest BCUT2D eigenvalue weighted by molar-refractivity contribution is -0.428. The number of rotatable bonds is 15. The summed E-state index contributed by atoms with van der Waals surface area (Å²) in [6.07, 6.45) is 16.2. The van der Waals surface area contributed by atoms with Crippen LogP contribution in [-0.4, -0.2) is 16.0 Å². The molecule has 0 amide bonds. The molecule has 0 aliphatic carbocycles. The van der Waals surface area contributed by atoms with E-state index in [1.54, 1.807) is 12.2 Å². The molecule has 23 heavy (non-hydrogen) atoms. The molecule has 0 aliphatic rings. The van der Waals surface area contributed by atoms with Crippen LogP contribution in [0.25, 0.3) is 0 Å². The van der Waals surface area contributed by atoms with Gasteiger partial charge < -0.3 is 5.11 Å². The number of carboxylic acids is 1. The van der Waals surface area contributed by atoms with Crippen LogP contribution in [0.1, 0.15) is 84.0 Å². The molecule has 0 bridgehead atoms. The molecule has 0 unspecified atom stereocenters. The Morgan fingerprint density at radius 3 is 2.26 bits per heavy atom. The van der Waals surface area contributed by atoms with Gasteiger partial charge in [-0.15, -0.1) is 0 Å². The molecule has 1 N–H and O–H groups in total. The van der Waals surface area contributed by atoms with Crippen molar-refractivity contribution in [3.05, 3.63) is 34.0 Å². The van der Waals surface area contributed by atoms with Gasteiger partial charge in [0, 0.05) is 18.9 Å². The van der Waals surface area contributed by atoms with Crippen LogP contribution in [0.3, 0.4) is 0 Å². The number of aliphatic carboxylic acids is 1. The van der Waals surface area contributed by atoms with Crippen molar-refractivity contribution in [1.82, 2.24) is 0 Å². The highest BCUT2D eigenvalue weighted by Crippen LogP contribution is 2.11. The van der Waals surface area contributed by atoms with Gasteiger partial charge in [-0.05, 0) is 25.7 Å². The summed E-state index contributed by atoms with van der Waals surface area (Å²) in [5.74, 6) is -0.726. The number of hydrogen-bond donors (Lipinski definition) is 1. The summed E-state index contributed by atoms with van der Waals surface area (Å²) in [6.45, 7) is 2.12. The van der Waals surface area contributed by atoms with Crippen LogP contribution < -0.4 is 0 Å². The monoisotopic (exact) mass is 325 g/mol. The molecule has 0 heterocycles. The highest BCUT2D eigenvalue weighted by Gasteiger charge is 2.07. The smallest absolute Gasteiger partial charge is 0.303 e. The highest BCUT2D eigenvalue weighted by atomic mass is 16.6. The Hall–Kier alpha value is -1.65. The lowest BCUT2D eigenvalue weighted by atomic mass is 10.1. The molecule has 0 saturated carbocycles. The number of carboxylic acid groups (broad SMARTS) is 1. The molecule has 0 fully saturated rings. The molecule has 0 aromatic rings. The van der Waals surface area contributed by atoms with Crippen molar-refractivity contribution in [3.8, 4) is 0 Å². The van der Waals surface area contributed by atoms with Crippen LogP contribution in [0.15, 0.2) is 23.9 Å². The average Bonchev–Trinajstić information content (AvgIpc) is 2.50. The Morgan fingerprint density at radius 2 is 1.61 bits per heavy atom. The Labute approximate surface area is 139 Å². The molecular weight excluding hydrogens is 294 g/mol. The third-order valence-electron chi connectivity index (χ3n) is 3.71. The maximum atomic E-state index is 10.9. The van der Waals surface area contributed by atoms with E-state index >= 15 is 0 Å². The SMILES string of the molecule is CCCCCCC(=CC=CCCCCCCCC(=O)O)[N+](=O)[O-]. The van der Waals surface area contributed by atoms with Crippen LogP contribution >= 0.6 is 0 Å². The van der Waals surface area contributed by atoms with Gasteiger partial charge in [0.25, 0.3) is 0 Å². The van der Waals surface area contributed by atoms with Gasteiger partial charge >= 0.3 is 5.97 Å². The molecule has 132 valence electrons. The van der Waals surface area contributed by atoms with Crippen molar-refractivity contribution in [2.75, 3.05) is 0 Å². The number of allylic oxidation sites excluding steroid dienone is 4. The standard InChI is InChI=1S/C18H31NO4/c1-2-3-4-11-14-17(19(22)23)15-12-9-7-5-6-8-10-13-16-18(20)21/h9,12,15H,2-8,10-11,13-14,16H2,1H3,(H,20,21). The second kappa shape index (κ2) is 15.3. The largest absolute Gasteiger partial charge is 0.481 e. The summed E-state index contributed by atoms with van der Waals surface area (Å²) < 4.78 is 0. The van der Waals surface area contributed by atoms with E-state index in [0.29, 0.717) is 12.1 Å². The predicted octanol–water partition coefficient (Wildman–Crippen LogP) is 5.49. The Kier molecular flexibility index (Phi) is 14.2. The molecular formula is C18H31NO4. The van der Waals surface area contributed by atoms with Crippen molar-refractivity contribution in [2.24, 2.45) is 0 Å². The van der Waals surface area contributed by atoms with Gasteiger partial charge in [0.15, 0.2) is 0 Å². The molecule has 0 aromatic carbocycles. The molecule has 0 spiro atoms. The van der Waals surface area contributed by atoms with Crippen molar-refractivity contribution < 1.29 is 14.8 Å².